The van der Waals surface area contributed by atoms with E-state index in [1.165, 1.54) is 9.80 Å². The lowest BCUT2D eigenvalue weighted by Gasteiger charge is -2.26. The van der Waals surface area contributed by atoms with Crippen LogP contribution in [-0.2, 0) is 14.4 Å². The van der Waals surface area contributed by atoms with Crippen molar-refractivity contribution in [1.82, 2.24) is 9.80 Å². The number of benzene rings is 1. The molecule has 1 fully saturated rings. The van der Waals surface area contributed by atoms with Crippen LogP contribution in [-0.4, -0.2) is 53.8 Å². The van der Waals surface area contributed by atoms with Gasteiger partial charge in [0.2, 0.25) is 17.7 Å². The zero-order chi connectivity index (χ0) is 19.3. The molecule has 1 unspecified atom stereocenters. The van der Waals surface area contributed by atoms with Crippen LogP contribution >= 0.6 is 11.6 Å². The highest BCUT2D eigenvalue weighted by Crippen LogP contribution is 2.23. The smallest absolute Gasteiger partial charge is 0.248 e. The third kappa shape index (κ3) is 4.75. The van der Waals surface area contributed by atoms with E-state index in [9.17, 15) is 14.4 Å². The van der Waals surface area contributed by atoms with Gasteiger partial charge in [-0.3, -0.25) is 19.3 Å². The number of halogens is 1. The van der Waals surface area contributed by atoms with Crippen molar-refractivity contribution in [1.29, 1.82) is 0 Å². The van der Waals surface area contributed by atoms with E-state index < -0.39 is 0 Å². The zero-order valence-corrected chi connectivity index (χ0v) is 16.3. The van der Waals surface area contributed by atoms with E-state index in [0.717, 1.165) is 12.8 Å². The topological polar surface area (TPSA) is 60.9 Å². The Morgan fingerprint density at radius 3 is 2.65 bits per heavy atom. The van der Waals surface area contributed by atoms with Crippen LogP contribution in [0.2, 0.25) is 5.02 Å². The number of amides is 3. The van der Waals surface area contributed by atoms with E-state index in [0.29, 0.717) is 17.3 Å². The first-order chi connectivity index (χ1) is 12.4. The second-order valence-corrected chi connectivity index (χ2v) is 7.04. The van der Waals surface area contributed by atoms with E-state index in [2.05, 4.69) is 0 Å². The average molecular weight is 380 g/mol. The molecule has 0 bridgehead atoms. The molecule has 1 aliphatic rings. The summed E-state index contributed by atoms with van der Waals surface area (Å²) < 4.78 is 0. The van der Waals surface area contributed by atoms with Crippen molar-refractivity contribution in [3.63, 3.8) is 0 Å². The number of hydrogen-bond donors (Lipinski definition) is 0. The van der Waals surface area contributed by atoms with Gasteiger partial charge < -0.3 is 9.80 Å². The molecule has 1 aromatic rings. The summed E-state index contributed by atoms with van der Waals surface area (Å²) >= 11 is 5.99. The van der Waals surface area contributed by atoms with Crippen LogP contribution in [0.4, 0.5) is 5.69 Å². The number of nitrogens with zero attached hydrogens (tertiary/aromatic N) is 3. The summed E-state index contributed by atoms with van der Waals surface area (Å²) in [5.74, 6) is -0.499. The van der Waals surface area contributed by atoms with Crippen LogP contribution in [0.1, 0.15) is 33.6 Å². The maximum absolute atomic E-state index is 12.7. The summed E-state index contributed by atoms with van der Waals surface area (Å²) in [7, 11) is 0. The SMILES string of the molecule is CCCN(CC(=O)N1CC(=O)N(c2cccc(Cl)c2)C1)C(=O)C(C)CC. The number of hydrogen-bond acceptors (Lipinski definition) is 3. The first-order valence-corrected chi connectivity index (χ1v) is 9.37. The Morgan fingerprint density at radius 1 is 1.31 bits per heavy atom. The van der Waals surface area contributed by atoms with Crippen LogP contribution in [0.25, 0.3) is 0 Å². The predicted octanol–water partition coefficient (Wildman–Crippen LogP) is 2.76. The van der Waals surface area contributed by atoms with Gasteiger partial charge in [0.25, 0.3) is 0 Å². The fraction of sp³-hybridized carbons (Fsp3) is 0.526. The first-order valence-electron chi connectivity index (χ1n) is 8.99. The molecule has 1 atom stereocenters. The molecule has 142 valence electrons. The second-order valence-electron chi connectivity index (χ2n) is 6.60. The van der Waals surface area contributed by atoms with Gasteiger partial charge >= 0.3 is 0 Å². The fourth-order valence-corrected chi connectivity index (χ4v) is 3.06. The predicted molar refractivity (Wildman–Crippen MR) is 102 cm³/mol. The lowest BCUT2D eigenvalue weighted by Crippen LogP contribution is -2.44. The number of rotatable bonds is 7. The summed E-state index contributed by atoms with van der Waals surface area (Å²) in [6, 6.07) is 6.98. The van der Waals surface area contributed by atoms with Gasteiger partial charge in [-0.1, -0.05) is 38.4 Å². The first kappa shape index (κ1) is 20.2. The minimum absolute atomic E-state index is 0.00762. The normalized spacial score (nSPS) is 15.3. The van der Waals surface area contributed by atoms with Gasteiger partial charge in [0.1, 0.15) is 13.2 Å². The summed E-state index contributed by atoms with van der Waals surface area (Å²) in [5, 5.41) is 0.536. The Bertz CT molecular complexity index is 680. The molecule has 0 aliphatic carbocycles. The third-order valence-electron chi connectivity index (χ3n) is 4.58. The average Bonchev–Trinajstić information content (AvgIpc) is 3.02. The molecule has 7 heteroatoms. The quantitative estimate of drug-likeness (QED) is 0.731. The summed E-state index contributed by atoms with van der Waals surface area (Å²) in [6.45, 7) is 6.54. The molecule has 3 amide bonds. The summed E-state index contributed by atoms with van der Waals surface area (Å²) in [5.41, 5.74) is 0.666. The second kappa shape index (κ2) is 9.03. The van der Waals surface area contributed by atoms with Crippen molar-refractivity contribution in [2.45, 2.75) is 33.6 Å². The standard InChI is InChI=1S/C19H26ClN3O3/c1-4-9-21(19(26)14(3)5-2)11-17(24)22-12-18(25)23(13-22)16-8-6-7-15(20)10-16/h6-8,10,14H,4-5,9,11-13H2,1-3H3. The molecule has 1 aliphatic heterocycles. The van der Waals surface area contributed by atoms with Gasteiger partial charge in [0.05, 0.1) is 6.54 Å². The van der Waals surface area contributed by atoms with E-state index in [1.54, 1.807) is 29.2 Å². The highest BCUT2D eigenvalue weighted by molar-refractivity contribution is 6.31. The van der Waals surface area contributed by atoms with Gasteiger partial charge in [-0.15, -0.1) is 0 Å². The van der Waals surface area contributed by atoms with Crippen molar-refractivity contribution in [3.8, 4) is 0 Å². The highest BCUT2D eigenvalue weighted by atomic mass is 35.5. The number of carbonyl (C=O) groups excluding carboxylic acids is 3. The van der Waals surface area contributed by atoms with Crippen molar-refractivity contribution in [2.75, 3.05) is 31.2 Å². The lowest BCUT2D eigenvalue weighted by molar-refractivity contribution is -0.142. The molecule has 0 saturated carbocycles. The van der Waals surface area contributed by atoms with Gasteiger partial charge in [-0.05, 0) is 31.0 Å². The van der Waals surface area contributed by atoms with Crippen molar-refractivity contribution < 1.29 is 14.4 Å². The number of carbonyl (C=O) groups is 3. The summed E-state index contributed by atoms with van der Waals surface area (Å²) in [4.78, 5) is 42.1. The van der Waals surface area contributed by atoms with Crippen LogP contribution in [0, 0.1) is 5.92 Å². The van der Waals surface area contributed by atoms with E-state index in [1.807, 2.05) is 20.8 Å². The molecule has 0 N–H and O–H groups in total. The highest BCUT2D eigenvalue weighted by Gasteiger charge is 2.33. The molecular weight excluding hydrogens is 354 g/mol. The van der Waals surface area contributed by atoms with Crippen molar-refractivity contribution >= 4 is 35.0 Å². The Labute approximate surface area is 159 Å². The van der Waals surface area contributed by atoms with E-state index in [4.69, 9.17) is 11.6 Å². The van der Waals surface area contributed by atoms with Crippen LogP contribution < -0.4 is 4.90 Å². The number of anilines is 1. The van der Waals surface area contributed by atoms with Gasteiger partial charge in [-0.2, -0.15) is 0 Å². The Hall–Kier alpha value is -2.08. The molecule has 6 nitrogen and oxygen atoms in total. The van der Waals surface area contributed by atoms with Crippen LogP contribution in [0.3, 0.4) is 0 Å². The van der Waals surface area contributed by atoms with Gasteiger partial charge in [0.15, 0.2) is 0 Å². The molecule has 0 aromatic heterocycles. The van der Waals surface area contributed by atoms with Crippen molar-refractivity contribution in [3.05, 3.63) is 29.3 Å². The minimum atomic E-state index is -0.215. The van der Waals surface area contributed by atoms with Crippen LogP contribution in [0.15, 0.2) is 24.3 Å². The molecule has 26 heavy (non-hydrogen) atoms. The van der Waals surface area contributed by atoms with Gasteiger partial charge in [0, 0.05) is 23.2 Å². The fourth-order valence-electron chi connectivity index (χ4n) is 2.87. The molecule has 1 heterocycles. The molecule has 1 saturated heterocycles. The third-order valence-corrected chi connectivity index (χ3v) is 4.81. The molecule has 2 rings (SSSR count). The Balaban J connectivity index is 2.05. The Morgan fingerprint density at radius 2 is 2.04 bits per heavy atom. The summed E-state index contributed by atoms with van der Waals surface area (Å²) in [6.07, 6.45) is 1.51. The van der Waals surface area contributed by atoms with Crippen LogP contribution in [0.5, 0.6) is 0 Å². The molecule has 0 radical (unpaired) electrons. The minimum Gasteiger partial charge on any atom is -0.333 e. The van der Waals surface area contributed by atoms with E-state index in [-0.39, 0.29) is 43.4 Å². The maximum Gasteiger partial charge on any atom is 0.248 e. The molecule has 0 spiro atoms. The Kier molecular flexibility index (Phi) is 7.03. The molecular formula is C19H26ClN3O3. The largest absolute Gasteiger partial charge is 0.333 e. The van der Waals surface area contributed by atoms with E-state index >= 15 is 0 Å². The lowest BCUT2D eigenvalue weighted by atomic mass is 10.1. The zero-order valence-electron chi connectivity index (χ0n) is 15.6. The monoisotopic (exact) mass is 379 g/mol. The molecule has 1 aromatic carbocycles. The maximum atomic E-state index is 12.7. The van der Waals surface area contributed by atoms with Gasteiger partial charge in [-0.25, -0.2) is 0 Å². The van der Waals surface area contributed by atoms with Crippen molar-refractivity contribution in [2.24, 2.45) is 5.92 Å².